The molecule has 0 fully saturated rings. The Morgan fingerprint density at radius 1 is 1.10 bits per heavy atom. The summed E-state index contributed by atoms with van der Waals surface area (Å²) in [5.41, 5.74) is 16.0. The third-order valence-corrected chi connectivity index (χ3v) is 3.60. The van der Waals surface area contributed by atoms with E-state index in [0.29, 0.717) is 43.5 Å². The fourth-order valence-corrected chi connectivity index (χ4v) is 1.54. The molecule has 1 unspecified atom stereocenters. The molecule has 4 amide bonds. The monoisotopic (exact) mass is 427 g/mol. The lowest BCUT2D eigenvalue weighted by molar-refractivity contribution is -0.116. The van der Waals surface area contributed by atoms with Crippen LogP contribution in [0.2, 0.25) is 0 Å². The molecule has 0 bridgehead atoms. The first-order valence-electron chi connectivity index (χ1n) is 10.1. The SMILES string of the molecule is CC.CC(C)C(C)N.NC(=O)NCCCCC(=O)Nc1ccc(CO)cc1.NC=O. The van der Waals surface area contributed by atoms with Gasteiger partial charge in [0.25, 0.3) is 0 Å². The summed E-state index contributed by atoms with van der Waals surface area (Å²) in [4.78, 5) is 30.6. The molecule has 0 saturated heterocycles. The van der Waals surface area contributed by atoms with Gasteiger partial charge < -0.3 is 32.9 Å². The Hall–Kier alpha value is -2.65. The lowest BCUT2D eigenvalue weighted by Gasteiger charge is -2.06. The van der Waals surface area contributed by atoms with Crippen LogP contribution in [0.5, 0.6) is 0 Å². The number of aliphatic hydroxyl groups excluding tert-OH is 1. The third kappa shape index (κ3) is 23.4. The van der Waals surface area contributed by atoms with Gasteiger partial charge in [0.15, 0.2) is 0 Å². The Morgan fingerprint density at radius 2 is 1.57 bits per heavy atom. The fraction of sp³-hybridized carbons (Fsp3) is 0.571. The molecular weight excluding hydrogens is 386 g/mol. The van der Waals surface area contributed by atoms with Crippen molar-refractivity contribution >= 4 is 24.0 Å². The number of nitrogens with two attached hydrogens (primary N) is 3. The first kappa shape index (κ1) is 32.0. The van der Waals surface area contributed by atoms with Crippen LogP contribution in [-0.2, 0) is 16.2 Å². The minimum Gasteiger partial charge on any atom is -0.392 e. The smallest absolute Gasteiger partial charge is 0.312 e. The number of carbonyl (C=O) groups excluding carboxylic acids is 3. The molecule has 9 nitrogen and oxygen atoms in total. The molecule has 0 aliphatic heterocycles. The number of amides is 4. The fourth-order valence-electron chi connectivity index (χ4n) is 1.54. The minimum absolute atomic E-state index is 0.0128. The molecule has 1 aromatic carbocycles. The molecule has 0 spiro atoms. The summed E-state index contributed by atoms with van der Waals surface area (Å²) < 4.78 is 0. The highest BCUT2D eigenvalue weighted by atomic mass is 16.3. The van der Waals surface area contributed by atoms with Crippen molar-refractivity contribution in [1.82, 2.24) is 5.32 Å². The Labute approximate surface area is 180 Å². The van der Waals surface area contributed by atoms with Gasteiger partial charge in [0.2, 0.25) is 12.3 Å². The molecule has 9 heteroatoms. The van der Waals surface area contributed by atoms with Gasteiger partial charge in [-0.1, -0.05) is 39.8 Å². The zero-order valence-electron chi connectivity index (χ0n) is 19.0. The van der Waals surface area contributed by atoms with Crippen LogP contribution in [0, 0.1) is 5.92 Å². The molecule has 9 N–H and O–H groups in total. The van der Waals surface area contributed by atoms with Crippen molar-refractivity contribution in [1.29, 1.82) is 0 Å². The van der Waals surface area contributed by atoms with Crippen molar-refractivity contribution in [3.8, 4) is 0 Å². The standard InChI is InChI=1S/C13H19N3O3.C5H13N.C2H6.CH3NO/c14-13(19)15-8-2-1-3-12(18)16-11-6-4-10(9-17)5-7-11;1-4(2)5(3)6;1-2;2-1-3/h4-7,17H,1-3,8-9H2,(H,16,18)(H3,14,15,19);4-5H,6H2,1-3H3;1-2H3;1H,(H2,2,3). The van der Waals surface area contributed by atoms with Crippen LogP contribution in [0.1, 0.15) is 59.4 Å². The van der Waals surface area contributed by atoms with Gasteiger partial charge in [-0.25, -0.2) is 4.79 Å². The molecule has 0 aliphatic carbocycles. The number of primary amides is 2. The lowest BCUT2D eigenvalue weighted by atomic mass is 10.1. The number of carbonyl (C=O) groups is 3. The quantitative estimate of drug-likeness (QED) is 0.275. The van der Waals surface area contributed by atoms with E-state index in [1.54, 1.807) is 24.3 Å². The molecule has 174 valence electrons. The molecule has 1 aromatic rings. The largest absolute Gasteiger partial charge is 0.392 e. The van der Waals surface area contributed by atoms with Gasteiger partial charge in [-0.15, -0.1) is 0 Å². The molecule has 30 heavy (non-hydrogen) atoms. The summed E-state index contributed by atoms with van der Waals surface area (Å²) in [6, 6.07) is 6.81. The van der Waals surface area contributed by atoms with Gasteiger partial charge >= 0.3 is 6.03 Å². The first-order valence-corrected chi connectivity index (χ1v) is 10.1. The Balaban J connectivity index is -0.000000552. The Bertz CT molecular complexity index is 543. The summed E-state index contributed by atoms with van der Waals surface area (Å²) in [6.07, 6.45) is 2.03. The van der Waals surface area contributed by atoms with Crippen LogP contribution in [0.3, 0.4) is 0 Å². The maximum atomic E-state index is 11.6. The molecule has 0 aliphatic rings. The topological polar surface area (TPSA) is 174 Å². The van der Waals surface area contributed by atoms with E-state index < -0.39 is 6.03 Å². The lowest BCUT2D eigenvalue weighted by Crippen LogP contribution is -2.30. The second-order valence-electron chi connectivity index (χ2n) is 6.39. The normalized spacial score (nSPS) is 10.0. The molecule has 1 atom stereocenters. The van der Waals surface area contributed by atoms with Gasteiger partial charge in [-0.3, -0.25) is 9.59 Å². The van der Waals surface area contributed by atoms with Gasteiger partial charge in [0.05, 0.1) is 6.61 Å². The number of rotatable bonds is 8. The zero-order valence-corrected chi connectivity index (χ0v) is 19.0. The average Bonchev–Trinajstić information content (AvgIpc) is 2.70. The highest BCUT2D eigenvalue weighted by molar-refractivity contribution is 5.90. The Kier molecular flexibility index (Phi) is 24.2. The van der Waals surface area contributed by atoms with Gasteiger partial charge in [0, 0.05) is 24.7 Å². The first-order chi connectivity index (χ1) is 14.2. The third-order valence-electron chi connectivity index (χ3n) is 3.60. The number of hydrogen-bond acceptors (Lipinski definition) is 5. The van der Waals surface area contributed by atoms with Crippen LogP contribution in [0.4, 0.5) is 10.5 Å². The van der Waals surface area contributed by atoms with E-state index in [0.717, 1.165) is 5.56 Å². The van der Waals surface area contributed by atoms with E-state index in [1.807, 2.05) is 20.8 Å². The van der Waals surface area contributed by atoms with Gasteiger partial charge in [0.1, 0.15) is 0 Å². The van der Waals surface area contributed by atoms with E-state index in [2.05, 4.69) is 30.2 Å². The highest BCUT2D eigenvalue weighted by Gasteiger charge is 2.02. The molecule has 1 rings (SSSR count). The van der Waals surface area contributed by atoms with Crippen molar-refractivity contribution in [3.63, 3.8) is 0 Å². The minimum atomic E-state index is -0.548. The summed E-state index contributed by atoms with van der Waals surface area (Å²) in [5, 5.41) is 14.1. The van der Waals surface area contributed by atoms with Crippen molar-refractivity contribution < 1.29 is 19.5 Å². The van der Waals surface area contributed by atoms with Crippen molar-refractivity contribution in [2.24, 2.45) is 23.1 Å². The number of nitrogens with one attached hydrogen (secondary N) is 2. The molecule has 0 heterocycles. The van der Waals surface area contributed by atoms with Crippen molar-refractivity contribution in [2.45, 2.75) is 66.5 Å². The molecule has 0 saturated carbocycles. The number of hydrogen-bond donors (Lipinski definition) is 6. The highest BCUT2D eigenvalue weighted by Crippen LogP contribution is 2.10. The number of aliphatic hydroxyl groups is 1. The van der Waals surface area contributed by atoms with Crippen LogP contribution in [0.15, 0.2) is 24.3 Å². The molecule has 0 radical (unpaired) electrons. The van der Waals surface area contributed by atoms with E-state index in [-0.39, 0.29) is 18.9 Å². The van der Waals surface area contributed by atoms with Crippen LogP contribution in [-0.4, -0.2) is 36.0 Å². The predicted octanol–water partition coefficient (Wildman–Crippen LogP) is 2.07. The number of anilines is 1. The van der Waals surface area contributed by atoms with E-state index in [1.165, 1.54) is 0 Å². The van der Waals surface area contributed by atoms with Gasteiger partial charge in [-0.2, -0.15) is 0 Å². The molecule has 0 aromatic heterocycles. The average molecular weight is 428 g/mol. The predicted molar refractivity (Wildman–Crippen MR) is 123 cm³/mol. The molecular formula is C21H41N5O4. The maximum Gasteiger partial charge on any atom is 0.312 e. The second kappa shape index (κ2) is 22.6. The summed E-state index contributed by atoms with van der Waals surface area (Å²) in [7, 11) is 0. The number of urea groups is 1. The van der Waals surface area contributed by atoms with Crippen molar-refractivity contribution in [3.05, 3.63) is 29.8 Å². The van der Waals surface area contributed by atoms with E-state index in [4.69, 9.17) is 21.4 Å². The zero-order chi connectivity index (χ0) is 23.9. The van der Waals surface area contributed by atoms with Crippen LogP contribution in [0.25, 0.3) is 0 Å². The summed E-state index contributed by atoms with van der Waals surface area (Å²) >= 11 is 0. The number of benzene rings is 1. The van der Waals surface area contributed by atoms with Crippen molar-refractivity contribution in [2.75, 3.05) is 11.9 Å². The van der Waals surface area contributed by atoms with Crippen LogP contribution < -0.4 is 27.8 Å². The van der Waals surface area contributed by atoms with E-state index in [9.17, 15) is 9.59 Å². The summed E-state index contributed by atoms with van der Waals surface area (Å²) in [6.45, 7) is 10.7. The van der Waals surface area contributed by atoms with E-state index >= 15 is 0 Å². The van der Waals surface area contributed by atoms with Crippen LogP contribution >= 0.6 is 0 Å². The Morgan fingerprint density at radius 3 is 1.93 bits per heavy atom. The summed E-state index contributed by atoms with van der Waals surface area (Å²) in [5.74, 6) is 0.556. The second-order valence-corrected chi connectivity index (χ2v) is 6.39. The number of unbranched alkanes of at least 4 members (excludes halogenated alkanes) is 1. The van der Waals surface area contributed by atoms with Gasteiger partial charge in [-0.05, 0) is 43.4 Å². The maximum absolute atomic E-state index is 11.6.